The summed E-state index contributed by atoms with van der Waals surface area (Å²) in [4.78, 5) is 11.4. The highest BCUT2D eigenvalue weighted by Gasteiger charge is 2.06. The topological polar surface area (TPSA) is 49.3 Å². The lowest BCUT2D eigenvalue weighted by molar-refractivity contribution is 0.0952. The predicted molar refractivity (Wildman–Crippen MR) is 60.7 cm³/mol. The fraction of sp³-hybridized carbons (Fsp3) is 0.444. The van der Waals surface area contributed by atoms with E-state index in [0.717, 1.165) is 16.6 Å². The number of hydrogen-bond acceptors (Lipinski definition) is 3. The van der Waals surface area contributed by atoms with Crippen LogP contribution < -0.4 is 5.32 Å². The summed E-state index contributed by atoms with van der Waals surface area (Å²) in [6.45, 7) is 0.798. The molecule has 0 aliphatic heterocycles. The summed E-state index contributed by atoms with van der Waals surface area (Å²) in [5.74, 6) is -0.0510. The van der Waals surface area contributed by atoms with E-state index in [1.807, 2.05) is 5.38 Å². The van der Waals surface area contributed by atoms with Gasteiger partial charge in [0.25, 0.3) is 5.91 Å². The number of carbonyl (C=O) groups excluding carboxylic acids is 1. The molecule has 0 spiro atoms. The van der Waals surface area contributed by atoms with E-state index < -0.39 is 0 Å². The molecular weight excluding hydrogens is 266 g/mol. The van der Waals surface area contributed by atoms with Gasteiger partial charge in [0.2, 0.25) is 0 Å². The Morgan fingerprint density at radius 2 is 2.36 bits per heavy atom. The molecule has 1 aromatic heterocycles. The Morgan fingerprint density at radius 3 is 2.93 bits per heavy atom. The van der Waals surface area contributed by atoms with Crippen molar-refractivity contribution >= 4 is 33.2 Å². The lowest BCUT2D eigenvalue weighted by atomic mass is 10.3. The molecule has 0 unspecified atom stereocenters. The molecule has 0 atom stereocenters. The molecule has 0 saturated carbocycles. The van der Waals surface area contributed by atoms with Crippen molar-refractivity contribution in [1.82, 2.24) is 5.32 Å². The van der Waals surface area contributed by atoms with Crippen molar-refractivity contribution in [2.24, 2.45) is 0 Å². The second kappa shape index (κ2) is 6.16. The number of hydrogen-bond donors (Lipinski definition) is 2. The summed E-state index contributed by atoms with van der Waals surface area (Å²) in [6.07, 6.45) is 1.54. The number of aliphatic hydroxyl groups excluding tert-OH is 1. The quantitative estimate of drug-likeness (QED) is 0.809. The zero-order chi connectivity index (χ0) is 10.4. The van der Waals surface area contributed by atoms with Crippen LogP contribution in [-0.4, -0.2) is 24.2 Å². The minimum atomic E-state index is -0.0510. The highest BCUT2D eigenvalue weighted by molar-refractivity contribution is 9.11. The van der Waals surface area contributed by atoms with Gasteiger partial charge in [-0.15, -0.1) is 11.3 Å². The molecule has 1 rings (SSSR count). The van der Waals surface area contributed by atoms with Crippen LogP contribution in [0.15, 0.2) is 15.2 Å². The first-order chi connectivity index (χ1) is 6.74. The van der Waals surface area contributed by atoms with Crippen LogP contribution in [0.2, 0.25) is 0 Å². The second-order valence-corrected chi connectivity index (χ2v) is 5.12. The van der Waals surface area contributed by atoms with E-state index in [0.29, 0.717) is 12.1 Å². The van der Waals surface area contributed by atoms with Crippen LogP contribution in [0.5, 0.6) is 0 Å². The third-order valence-corrected chi connectivity index (χ3v) is 3.20. The maximum absolute atomic E-state index is 11.4. The van der Waals surface area contributed by atoms with Gasteiger partial charge in [0.15, 0.2) is 0 Å². The van der Waals surface area contributed by atoms with Crippen LogP contribution in [-0.2, 0) is 0 Å². The van der Waals surface area contributed by atoms with E-state index in [-0.39, 0.29) is 12.5 Å². The molecule has 0 aliphatic carbocycles. The summed E-state index contributed by atoms with van der Waals surface area (Å²) in [5, 5.41) is 13.1. The molecule has 1 aromatic rings. The van der Waals surface area contributed by atoms with Crippen LogP contribution in [0.4, 0.5) is 0 Å². The Balaban J connectivity index is 2.29. The average Bonchev–Trinajstić information content (AvgIpc) is 2.59. The number of halogens is 1. The van der Waals surface area contributed by atoms with Gasteiger partial charge in [0, 0.05) is 18.5 Å². The van der Waals surface area contributed by atoms with Gasteiger partial charge in [0.1, 0.15) is 0 Å². The van der Waals surface area contributed by atoms with Crippen molar-refractivity contribution in [2.75, 3.05) is 13.2 Å². The third-order valence-electron chi connectivity index (χ3n) is 1.70. The number of amides is 1. The van der Waals surface area contributed by atoms with Crippen molar-refractivity contribution < 1.29 is 9.90 Å². The molecule has 0 saturated heterocycles. The standard InChI is InChI=1S/C9H12BrNO2S/c10-8-5-7(6-14-8)9(13)11-3-1-2-4-12/h5-6,12H,1-4H2,(H,11,13). The fourth-order valence-corrected chi connectivity index (χ4v) is 2.11. The van der Waals surface area contributed by atoms with Crippen LogP contribution >= 0.6 is 27.3 Å². The Labute approximate surface area is 95.3 Å². The van der Waals surface area contributed by atoms with Crippen LogP contribution in [0.25, 0.3) is 0 Å². The molecule has 0 fully saturated rings. The molecule has 0 aliphatic rings. The number of aliphatic hydroxyl groups is 1. The molecule has 0 radical (unpaired) electrons. The van der Waals surface area contributed by atoms with E-state index in [2.05, 4.69) is 21.2 Å². The molecular formula is C9H12BrNO2S. The minimum Gasteiger partial charge on any atom is -0.396 e. The normalized spacial score (nSPS) is 10.1. The molecule has 0 bridgehead atoms. The molecule has 1 amide bonds. The summed E-state index contributed by atoms with van der Waals surface area (Å²) in [7, 11) is 0. The first-order valence-electron chi connectivity index (χ1n) is 4.37. The smallest absolute Gasteiger partial charge is 0.252 e. The van der Waals surface area contributed by atoms with Gasteiger partial charge in [-0.3, -0.25) is 4.79 Å². The van der Waals surface area contributed by atoms with E-state index in [1.54, 1.807) is 6.07 Å². The molecule has 78 valence electrons. The molecule has 14 heavy (non-hydrogen) atoms. The maximum atomic E-state index is 11.4. The Kier molecular flexibility index (Phi) is 5.14. The largest absolute Gasteiger partial charge is 0.396 e. The summed E-state index contributed by atoms with van der Waals surface area (Å²) >= 11 is 4.79. The lowest BCUT2D eigenvalue weighted by Gasteiger charge is -2.01. The van der Waals surface area contributed by atoms with Crippen molar-refractivity contribution in [3.05, 3.63) is 20.8 Å². The first-order valence-corrected chi connectivity index (χ1v) is 6.04. The van der Waals surface area contributed by atoms with Gasteiger partial charge in [0.05, 0.1) is 9.35 Å². The average molecular weight is 278 g/mol. The van der Waals surface area contributed by atoms with Gasteiger partial charge < -0.3 is 10.4 Å². The molecule has 5 heteroatoms. The number of rotatable bonds is 5. The van der Waals surface area contributed by atoms with Gasteiger partial charge in [-0.2, -0.15) is 0 Å². The summed E-state index contributed by atoms with van der Waals surface area (Å²) < 4.78 is 0.956. The van der Waals surface area contributed by atoms with Gasteiger partial charge >= 0.3 is 0 Å². The van der Waals surface area contributed by atoms with Crippen LogP contribution in [0.1, 0.15) is 23.2 Å². The minimum absolute atomic E-state index is 0.0510. The second-order valence-electron chi connectivity index (χ2n) is 2.83. The first kappa shape index (κ1) is 11.7. The van der Waals surface area contributed by atoms with Gasteiger partial charge in [-0.25, -0.2) is 0 Å². The van der Waals surface area contributed by atoms with Gasteiger partial charge in [-0.1, -0.05) is 0 Å². The zero-order valence-electron chi connectivity index (χ0n) is 7.62. The van der Waals surface area contributed by atoms with E-state index in [4.69, 9.17) is 5.11 Å². The Bertz CT molecular complexity index is 301. The van der Waals surface area contributed by atoms with E-state index >= 15 is 0 Å². The highest BCUT2D eigenvalue weighted by atomic mass is 79.9. The highest BCUT2D eigenvalue weighted by Crippen LogP contribution is 2.20. The number of unbranched alkanes of at least 4 members (excludes halogenated alkanes) is 1. The van der Waals surface area contributed by atoms with E-state index in [1.165, 1.54) is 11.3 Å². The van der Waals surface area contributed by atoms with Crippen molar-refractivity contribution in [3.63, 3.8) is 0 Å². The monoisotopic (exact) mass is 277 g/mol. The van der Waals surface area contributed by atoms with Crippen LogP contribution in [0, 0.1) is 0 Å². The number of nitrogens with one attached hydrogen (secondary N) is 1. The van der Waals surface area contributed by atoms with Crippen molar-refractivity contribution in [1.29, 1.82) is 0 Å². The molecule has 0 aromatic carbocycles. The SMILES string of the molecule is O=C(NCCCCO)c1csc(Br)c1. The van der Waals surface area contributed by atoms with Crippen molar-refractivity contribution in [2.45, 2.75) is 12.8 Å². The number of carbonyl (C=O) groups is 1. The lowest BCUT2D eigenvalue weighted by Crippen LogP contribution is -2.24. The van der Waals surface area contributed by atoms with Gasteiger partial charge in [-0.05, 0) is 34.8 Å². The molecule has 2 N–H and O–H groups in total. The number of thiophene rings is 1. The molecule has 1 heterocycles. The maximum Gasteiger partial charge on any atom is 0.252 e. The fourth-order valence-electron chi connectivity index (χ4n) is 0.970. The van der Waals surface area contributed by atoms with E-state index in [9.17, 15) is 4.79 Å². The summed E-state index contributed by atoms with van der Waals surface area (Å²) in [5.41, 5.74) is 0.686. The third kappa shape index (κ3) is 3.77. The van der Waals surface area contributed by atoms with Crippen LogP contribution in [0.3, 0.4) is 0 Å². The Hall–Kier alpha value is -0.390. The Morgan fingerprint density at radius 1 is 1.57 bits per heavy atom. The van der Waals surface area contributed by atoms with Crippen molar-refractivity contribution in [3.8, 4) is 0 Å². The molecule has 3 nitrogen and oxygen atoms in total. The predicted octanol–water partition coefficient (Wildman–Crippen LogP) is 2.01. The zero-order valence-corrected chi connectivity index (χ0v) is 10.0. The summed E-state index contributed by atoms with van der Waals surface area (Å²) in [6, 6.07) is 1.80.